The number of aryl methyl sites for hydroxylation is 1. The zero-order valence-electron chi connectivity index (χ0n) is 14.5. The van der Waals surface area contributed by atoms with Crippen molar-refractivity contribution in [3.05, 3.63) is 59.4 Å². The molecule has 0 amide bonds. The van der Waals surface area contributed by atoms with Crippen LogP contribution in [0.5, 0.6) is 17.4 Å². The molecule has 134 valence electrons. The van der Waals surface area contributed by atoms with Gasteiger partial charge in [0.1, 0.15) is 23.5 Å². The maximum atomic E-state index is 6.18. The van der Waals surface area contributed by atoms with Crippen LogP contribution in [0.1, 0.15) is 12.5 Å². The first-order chi connectivity index (χ1) is 12.6. The second-order valence-corrected chi connectivity index (χ2v) is 5.95. The van der Waals surface area contributed by atoms with Crippen molar-refractivity contribution in [1.29, 1.82) is 0 Å². The molecule has 0 aliphatic heterocycles. The number of nitrogens with two attached hydrogens (primary N) is 1. The van der Waals surface area contributed by atoms with Gasteiger partial charge in [0.05, 0.1) is 12.8 Å². The van der Waals surface area contributed by atoms with Gasteiger partial charge in [-0.2, -0.15) is 4.98 Å². The van der Waals surface area contributed by atoms with Crippen LogP contribution >= 0.6 is 11.6 Å². The van der Waals surface area contributed by atoms with Gasteiger partial charge >= 0.3 is 0 Å². The van der Waals surface area contributed by atoms with Crippen LogP contribution in [0.15, 0.2) is 48.8 Å². The Morgan fingerprint density at radius 2 is 1.88 bits per heavy atom. The van der Waals surface area contributed by atoms with E-state index in [1.54, 1.807) is 25.3 Å². The Balaban J connectivity index is 1.86. The zero-order valence-corrected chi connectivity index (χ0v) is 15.2. The van der Waals surface area contributed by atoms with E-state index in [1.165, 1.54) is 11.9 Å². The highest BCUT2D eigenvalue weighted by Gasteiger charge is 2.13. The Morgan fingerprint density at radius 1 is 1.12 bits per heavy atom. The highest BCUT2D eigenvalue weighted by molar-refractivity contribution is 6.31. The second kappa shape index (κ2) is 7.93. The van der Waals surface area contributed by atoms with E-state index in [-0.39, 0.29) is 11.6 Å². The standard InChI is InChI=1S/C19H19ClN4O2/c1-3-12-4-7-14(8-5-12)26-19-17(21)18(22-11-23-19)24-15-10-13(20)6-9-16(15)25-2/h4-11H,3,21H2,1-2H3,(H,22,23,24). The summed E-state index contributed by atoms with van der Waals surface area (Å²) >= 11 is 6.06. The SMILES string of the molecule is CCc1ccc(Oc2ncnc(Nc3cc(Cl)ccc3OC)c2N)cc1. The molecule has 0 unspecified atom stereocenters. The molecule has 0 saturated carbocycles. The van der Waals surface area contributed by atoms with E-state index in [0.29, 0.717) is 28.0 Å². The topological polar surface area (TPSA) is 82.3 Å². The molecule has 3 N–H and O–H groups in total. The van der Waals surface area contributed by atoms with Gasteiger partial charge in [-0.3, -0.25) is 0 Å². The van der Waals surface area contributed by atoms with Gasteiger partial charge in [0.25, 0.3) is 0 Å². The van der Waals surface area contributed by atoms with Crippen LogP contribution in [0, 0.1) is 0 Å². The van der Waals surface area contributed by atoms with Crippen molar-refractivity contribution in [1.82, 2.24) is 9.97 Å². The lowest BCUT2D eigenvalue weighted by molar-refractivity contribution is 0.417. The van der Waals surface area contributed by atoms with Crippen LogP contribution in [0.3, 0.4) is 0 Å². The van der Waals surface area contributed by atoms with Crippen molar-refractivity contribution in [2.24, 2.45) is 0 Å². The van der Waals surface area contributed by atoms with Crippen molar-refractivity contribution in [3.63, 3.8) is 0 Å². The van der Waals surface area contributed by atoms with Gasteiger partial charge in [-0.15, -0.1) is 0 Å². The summed E-state index contributed by atoms with van der Waals surface area (Å²) in [6.45, 7) is 2.10. The van der Waals surface area contributed by atoms with E-state index in [4.69, 9.17) is 26.8 Å². The molecule has 0 spiro atoms. The first kappa shape index (κ1) is 17.8. The molecule has 0 radical (unpaired) electrons. The highest BCUT2D eigenvalue weighted by atomic mass is 35.5. The van der Waals surface area contributed by atoms with E-state index in [9.17, 15) is 0 Å². The predicted molar refractivity (Wildman–Crippen MR) is 104 cm³/mol. The maximum absolute atomic E-state index is 6.18. The van der Waals surface area contributed by atoms with Gasteiger partial charge < -0.3 is 20.5 Å². The zero-order chi connectivity index (χ0) is 18.5. The van der Waals surface area contributed by atoms with Crippen LogP contribution in [-0.2, 0) is 6.42 Å². The summed E-state index contributed by atoms with van der Waals surface area (Å²) in [5, 5.41) is 3.67. The number of nitrogen functional groups attached to an aromatic ring is 1. The Bertz CT molecular complexity index is 901. The largest absolute Gasteiger partial charge is 0.495 e. The molecule has 26 heavy (non-hydrogen) atoms. The molecule has 0 aliphatic rings. The summed E-state index contributed by atoms with van der Waals surface area (Å²) in [5.74, 6) is 1.94. The first-order valence-corrected chi connectivity index (χ1v) is 8.46. The molecular formula is C19H19ClN4O2. The normalized spacial score (nSPS) is 10.4. The van der Waals surface area contributed by atoms with Crippen LogP contribution in [0.2, 0.25) is 5.02 Å². The van der Waals surface area contributed by atoms with Crippen molar-refractivity contribution >= 4 is 28.8 Å². The number of ether oxygens (including phenoxy) is 2. The monoisotopic (exact) mass is 370 g/mol. The Morgan fingerprint density at radius 3 is 2.58 bits per heavy atom. The highest BCUT2D eigenvalue weighted by Crippen LogP contribution is 2.35. The summed E-state index contributed by atoms with van der Waals surface area (Å²) in [4.78, 5) is 8.31. The van der Waals surface area contributed by atoms with E-state index < -0.39 is 0 Å². The van der Waals surface area contributed by atoms with Crippen molar-refractivity contribution in [2.75, 3.05) is 18.2 Å². The number of methoxy groups -OCH3 is 1. The lowest BCUT2D eigenvalue weighted by atomic mass is 10.2. The fourth-order valence-corrected chi connectivity index (χ4v) is 2.54. The number of nitrogens with one attached hydrogen (secondary N) is 1. The van der Waals surface area contributed by atoms with Crippen molar-refractivity contribution in [2.45, 2.75) is 13.3 Å². The number of benzene rings is 2. The van der Waals surface area contributed by atoms with Gasteiger partial charge in [-0.1, -0.05) is 30.7 Å². The third kappa shape index (κ3) is 3.97. The Hall–Kier alpha value is -2.99. The van der Waals surface area contributed by atoms with Crippen LogP contribution in [0.25, 0.3) is 0 Å². The minimum Gasteiger partial charge on any atom is -0.495 e. The Kier molecular flexibility index (Phi) is 5.43. The molecule has 2 aromatic carbocycles. The maximum Gasteiger partial charge on any atom is 0.248 e. The lowest BCUT2D eigenvalue weighted by Gasteiger charge is -2.14. The third-order valence-corrected chi connectivity index (χ3v) is 4.04. The molecule has 0 aliphatic carbocycles. The first-order valence-electron chi connectivity index (χ1n) is 8.08. The molecule has 6 nitrogen and oxygen atoms in total. The summed E-state index contributed by atoms with van der Waals surface area (Å²) in [5.41, 5.74) is 8.33. The third-order valence-electron chi connectivity index (χ3n) is 3.81. The van der Waals surface area contributed by atoms with Crippen LogP contribution < -0.4 is 20.5 Å². The van der Waals surface area contributed by atoms with Gasteiger partial charge in [0.15, 0.2) is 5.82 Å². The van der Waals surface area contributed by atoms with Crippen LogP contribution in [0.4, 0.5) is 17.2 Å². The second-order valence-electron chi connectivity index (χ2n) is 5.51. The van der Waals surface area contributed by atoms with Gasteiger partial charge in [0, 0.05) is 5.02 Å². The lowest BCUT2D eigenvalue weighted by Crippen LogP contribution is -2.04. The number of aromatic nitrogens is 2. The molecular weight excluding hydrogens is 352 g/mol. The number of hydrogen-bond donors (Lipinski definition) is 2. The van der Waals surface area contributed by atoms with Crippen LogP contribution in [-0.4, -0.2) is 17.1 Å². The number of nitrogens with zero attached hydrogens (tertiary/aromatic N) is 2. The fourth-order valence-electron chi connectivity index (χ4n) is 2.37. The van der Waals surface area contributed by atoms with Gasteiger partial charge in [-0.25, -0.2) is 4.98 Å². The minimum absolute atomic E-state index is 0.271. The quantitative estimate of drug-likeness (QED) is 0.647. The minimum atomic E-state index is 0.271. The summed E-state index contributed by atoms with van der Waals surface area (Å²) < 4.78 is 11.1. The molecule has 0 fully saturated rings. The van der Waals surface area contributed by atoms with Gasteiger partial charge in [-0.05, 0) is 42.3 Å². The predicted octanol–water partition coefficient (Wildman–Crippen LogP) is 4.82. The average Bonchev–Trinajstić information content (AvgIpc) is 2.66. The number of rotatable bonds is 6. The van der Waals surface area contributed by atoms with E-state index in [0.717, 1.165) is 6.42 Å². The molecule has 0 bridgehead atoms. The summed E-state index contributed by atoms with van der Waals surface area (Å²) in [6, 6.07) is 13.0. The van der Waals surface area contributed by atoms with Gasteiger partial charge in [0.2, 0.25) is 5.88 Å². The van der Waals surface area contributed by atoms with Crippen molar-refractivity contribution < 1.29 is 9.47 Å². The number of halogens is 1. The molecule has 0 atom stereocenters. The Labute approximate surface area is 156 Å². The molecule has 1 aromatic heterocycles. The smallest absolute Gasteiger partial charge is 0.248 e. The fraction of sp³-hybridized carbons (Fsp3) is 0.158. The van der Waals surface area contributed by atoms with Crippen molar-refractivity contribution in [3.8, 4) is 17.4 Å². The average molecular weight is 371 g/mol. The van der Waals surface area contributed by atoms with E-state index in [2.05, 4.69) is 22.2 Å². The summed E-state index contributed by atoms with van der Waals surface area (Å²) in [7, 11) is 1.58. The van der Waals surface area contributed by atoms with E-state index >= 15 is 0 Å². The molecule has 1 heterocycles. The number of anilines is 3. The van der Waals surface area contributed by atoms with E-state index in [1.807, 2.05) is 24.3 Å². The molecule has 7 heteroatoms. The molecule has 3 rings (SSSR count). The molecule has 3 aromatic rings. The number of hydrogen-bond acceptors (Lipinski definition) is 6. The molecule has 0 saturated heterocycles. The summed E-state index contributed by atoms with van der Waals surface area (Å²) in [6.07, 6.45) is 2.34.